The highest BCUT2D eigenvalue weighted by Gasteiger charge is 2.04. The summed E-state index contributed by atoms with van der Waals surface area (Å²) in [4.78, 5) is 26.0. The van der Waals surface area contributed by atoms with Gasteiger partial charge in [-0.05, 0) is 49.7 Å². The Morgan fingerprint density at radius 2 is 1.29 bits per heavy atom. The van der Waals surface area contributed by atoms with Crippen molar-refractivity contribution in [3.63, 3.8) is 0 Å². The summed E-state index contributed by atoms with van der Waals surface area (Å²) >= 11 is 0. The maximum absolute atomic E-state index is 11.3. The summed E-state index contributed by atoms with van der Waals surface area (Å²) in [6.07, 6.45) is 3.65. The van der Waals surface area contributed by atoms with Crippen molar-refractivity contribution in [1.82, 2.24) is 30.6 Å². The fourth-order valence-corrected chi connectivity index (χ4v) is 3.09. The van der Waals surface area contributed by atoms with Crippen molar-refractivity contribution in [2.45, 2.75) is 20.4 Å². The van der Waals surface area contributed by atoms with Crippen molar-refractivity contribution in [2.75, 3.05) is 14.1 Å². The second kappa shape index (κ2) is 10.4. The van der Waals surface area contributed by atoms with Gasteiger partial charge in [-0.1, -0.05) is 36.4 Å². The quantitative estimate of drug-likeness (QED) is 0.397. The molecule has 4 N–H and O–H groups in total. The first-order chi connectivity index (χ1) is 15.0. The molecular weight excluding hydrogens is 388 g/mol. The predicted molar refractivity (Wildman–Crippen MR) is 124 cm³/mol. The Balaban J connectivity index is 0.000000176. The molecule has 0 aliphatic heterocycles. The molecule has 2 heterocycles. The summed E-state index contributed by atoms with van der Waals surface area (Å²) in [6.45, 7) is 4.77. The third-order valence-corrected chi connectivity index (χ3v) is 4.74. The first-order valence-electron chi connectivity index (χ1n) is 10.1. The van der Waals surface area contributed by atoms with E-state index in [0.29, 0.717) is 5.56 Å². The van der Waals surface area contributed by atoms with Crippen LogP contribution in [0.3, 0.4) is 0 Å². The predicted octanol–water partition coefficient (Wildman–Crippen LogP) is 3.85. The minimum absolute atomic E-state index is 0.0765. The molecule has 0 aliphatic carbocycles. The molecule has 4 rings (SSSR count). The topological polar surface area (TPSA) is 98.5 Å². The summed E-state index contributed by atoms with van der Waals surface area (Å²) < 4.78 is 0. The van der Waals surface area contributed by atoms with Crippen LogP contribution in [0.1, 0.15) is 27.6 Å². The Hall–Kier alpha value is -3.71. The van der Waals surface area contributed by atoms with E-state index in [1.807, 2.05) is 39.2 Å². The van der Waals surface area contributed by atoms with Crippen LogP contribution in [0.5, 0.6) is 0 Å². The molecule has 7 nitrogen and oxygen atoms in total. The second-order valence-corrected chi connectivity index (χ2v) is 7.15. The minimum atomic E-state index is -0.0765. The SMILES string of the molecule is CNC(=O)c1ccc(-c2cnc(C)[nH]2)cc1.CNCc1ccc(-c2cnc(C)[nH]2)cc1. The Kier molecular flexibility index (Phi) is 7.35. The number of hydrogen-bond donors (Lipinski definition) is 4. The van der Waals surface area contributed by atoms with Gasteiger partial charge in [-0.25, -0.2) is 9.97 Å². The molecule has 0 atom stereocenters. The molecule has 2 aromatic carbocycles. The fourth-order valence-electron chi connectivity index (χ4n) is 3.09. The summed E-state index contributed by atoms with van der Waals surface area (Å²) in [5, 5.41) is 5.71. The van der Waals surface area contributed by atoms with Gasteiger partial charge >= 0.3 is 0 Å². The van der Waals surface area contributed by atoms with E-state index < -0.39 is 0 Å². The second-order valence-electron chi connectivity index (χ2n) is 7.15. The summed E-state index contributed by atoms with van der Waals surface area (Å²) in [7, 11) is 3.57. The highest BCUT2D eigenvalue weighted by atomic mass is 16.1. The molecule has 0 unspecified atom stereocenters. The highest BCUT2D eigenvalue weighted by Crippen LogP contribution is 2.18. The lowest BCUT2D eigenvalue weighted by Crippen LogP contribution is -2.17. The average Bonchev–Trinajstić information content (AvgIpc) is 3.43. The third-order valence-electron chi connectivity index (χ3n) is 4.74. The van der Waals surface area contributed by atoms with E-state index in [4.69, 9.17) is 0 Å². The van der Waals surface area contributed by atoms with E-state index in [1.54, 1.807) is 25.4 Å². The number of aryl methyl sites for hydroxylation is 2. The first-order valence-corrected chi connectivity index (χ1v) is 10.1. The zero-order valence-corrected chi connectivity index (χ0v) is 18.3. The molecule has 0 aliphatic rings. The normalized spacial score (nSPS) is 10.3. The first kappa shape index (κ1) is 22.0. The summed E-state index contributed by atoms with van der Waals surface area (Å²) in [5.74, 6) is 1.75. The van der Waals surface area contributed by atoms with Gasteiger partial charge in [0.05, 0.1) is 23.8 Å². The molecule has 4 aromatic rings. The molecule has 0 fully saturated rings. The van der Waals surface area contributed by atoms with E-state index in [0.717, 1.165) is 35.1 Å². The van der Waals surface area contributed by atoms with Crippen LogP contribution in [0.15, 0.2) is 60.9 Å². The molecule has 0 radical (unpaired) electrons. The van der Waals surface area contributed by atoms with E-state index in [-0.39, 0.29) is 5.91 Å². The van der Waals surface area contributed by atoms with Crippen LogP contribution in [0.25, 0.3) is 22.5 Å². The van der Waals surface area contributed by atoms with Crippen LogP contribution >= 0.6 is 0 Å². The minimum Gasteiger partial charge on any atom is -0.355 e. The van der Waals surface area contributed by atoms with Crippen molar-refractivity contribution in [2.24, 2.45) is 0 Å². The molecule has 1 amide bonds. The summed E-state index contributed by atoms with van der Waals surface area (Å²) in [6, 6.07) is 15.9. The molecule has 160 valence electrons. The van der Waals surface area contributed by atoms with Crippen LogP contribution in [-0.2, 0) is 6.54 Å². The molecule has 31 heavy (non-hydrogen) atoms. The summed E-state index contributed by atoms with van der Waals surface area (Å²) in [5.41, 5.74) is 6.17. The lowest BCUT2D eigenvalue weighted by atomic mass is 10.1. The van der Waals surface area contributed by atoms with E-state index >= 15 is 0 Å². The highest BCUT2D eigenvalue weighted by molar-refractivity contribution is 5.94. The van der Waals surface area contributed by atoms with Crippen molar-refractivity contribution in [1.29, 1.82) is 0 Å². The Morgan fingerprint density at radius 1 is 0.806 bits per heavy atom. The number of imidazole rings is 2. The zero-order valence-electron chi connectivity index (χ0n) is 18.3. The maximum atomic E-state index is 11.3. The molecule has 0 saturated carbocycles. The monoisotopic (exact) mass is 416 g/mol. The molecule has 7 heteroatoms. The van der Waals surface area contributed by atoms with Crippen LogP contribution in [0, 0.1) is 13.8 Å². The van der Waals surface area contributed by atoms with Gasteiger partial charge in [-0.15, -0.1) is 0 Å². The van der Waals surface area contributed by atoms with Crippen molar-refractivity contribution in [3.8, 4) is 22.5 Å². The number of benzene rings is 2. The van der Waals surface area contributed by atoms with Gasteiger partial charge in [0, 0.05) is 19.2 Å². The third kappa shape index (κ3) is 5.90. The number of nitrogens with zero attached hydrogens (tertiary/aromatic N) is 2. The number of H-pyrrole nitrogens is 2. The van der Waals surface area contributed by atoms with Gasteiger partial charge in [-0.3, -0.25) is 4.79 Å². The fraction of sp³-hybridized carbons (Fsp3) is 0.208. The van der Waals surface area contributed by atoms with Gasteiger partial charge in [0.15, 0.2) is 0 Å². The number of rotatable bonds is 5. The number of carbonyl (C=O) groups excluding carboxylic acids is 1. The number of aromatic amines is 2. The van der Waals surface area contributed by atoms with Gasteiger partial charge in [0.25, 0.3) is 5.91 Å². The number of carbonyl (C=O) groups is 1. The smallest absolute Gasteiger partial charge is 0.251 e. The molecule has 2 aromatic heterocycles. The Morgan fingerprint density at radius 3 is 1.68 bits per heavy atom. The molecule has 0 bridgehead atoms. The van der Waals surface area contributed by atoms with Crippen molar-refractivity contribution >= 4 is 5.91 Å². The van der Waals surface area contributed by atoms with Gasteiger partial charge in [-0.2, -0.15) is 0 Å². The van der Waals surface area contributed by atoms with Crippen LogP contribution in [-0.4, -0.2) is 39.9 Å². The molecule has 0 saturated heterocycles. The number of aromatic nitrogens is 4. The van der Waals surface area contributed by atoms with Crippen LogP contribution in [0.4, 0.5) is 0 Å². The number of hydrogen-bond acceptors (Lipinski definition) is 4. The van der Waals surface area contributed by atoms with Crippen LogP contribution in [0.2, 0.25) is 0 Å². The van der Waals surface area contributed by atoms with E-state index in [2.05, 4.69) is 54.8 Å². The average molecular weight is 417 g/mol. The Bertz CT molecular complexity index is 1110. The molecule has 0 spiro atoms. The van der Waals surface area contributed by atoms with Crippen LogP contribution < -0.4 is 10.6 Å². The number of nitrogens with one attached hydrogen (secondary N) is 4. The molecular formula is C24H28N6O. The lowest BCUT2D eigenvalue weighted by molar-refractivity contribution is 0.0963. The van der Waals surface area contributed by atoms with Crippen molar-refractivity contribution in [3.05, 3.63) is 83.7 Å². The lowest BCUT2D eigenvalue weighted by Gasteiger charge is -2.01. The standard InChI is InChI=1S/C12H13N3O.C12H15N3/c1-8-14-7-11(15-8)9-3-5-10(6-4-9)12(16)13-2;1-9-14-8-12(15-9)11-5-3-10(4-6-11)7-13-2/h3-7H,1-2H3,(H,13,16)(H,14,15);3-6,8,13H,7H2,1-2H3,(H,14,15). The van der Waals surface area contributed by atoms with Gasteiger partial charge in [0.2, 0.25) is 0 Å². The maximum Gasteiger partial charge on any atom is 0.251 e. The largest absolute Gasteiger partial charge is 0.355 e. The van der Waals surface area contributed by atoms with Crippen molar-refractivity contribution < 1.29 is 4.79 Å². The zero-order chi connectivity index (χ0) is 22.2. The van der Waals surface area contributed by atoms with Gasteiger partial charge < -0.3 is 20.6 Å². The van der Waals surface area contributed by atoms with Gasteiger partial charge in [0.1, 0.15) is 11.6 Å². The van der Waals surface area contributed by atoms with E-state index in [9.17, 15) is 4.79 Å². The Labute approximate surface area is 182 Å². The number of amides is 1. The van der Waals surface area contributed by atoms with E-state index in [1.165, 1.54) is 11.1 Å².